The smallest absolute Gasteiger partial charge is 0.252 e. The Balaban J connectivity index is 1.59. The average molecular weight is 498 g/mol. The van der Waals surface area contributed by atoms with E-state index in [4.69, 9.17) is 11.6 Å². The molecular weight excluding hydrogens is 470 g/mol. The molecule has 0 unspecified atom stereocenters. The van der Waals surface area contributed by atoms with Crippen LogP contribution in [0.15, 0.2) is 54.6 Å². The van der Waals surface area contributed by atoms with Crippen LogP contribution >= 0.6 is 23.4 Å². The van der Waals surface area contributed by atoms with Gasteiger partial charge in [-0.3, -0.25) is 24.6 Å². The van der Waals surface area contributed by atoms with Gasteiger partial charge in [0.25, 0.3) is 5.91 Å². The predicted octanol–water partition coefficient (Wildman–Crippen LogP) is 3.38. The van der Waals surface area contributed by atoms with E-state index < -0.39 is 17.4 Å². The van der Waals surface area contributed by atoms with E-state index in [0.717, 1.165) is 22.6 Å². The quantitative estimate of drug-likeness (QED) is 0.447. The average Bonchev–Trinajstić information content (AvgIpc) is 3.41. The molecule has 34 heavy (non-hydrogen) atoms. The molecule has 2 saturated heterocycles. The van der Waals surface area contributed by atoms with E-state index in [1.54, 1.807) is 16.7 Å². The molecule has 3 amide bonds. The maximum atomic E-state index is 14.1. The summed E-state index contributed by atoms with van der Waals surface area (Å²) in [7, 11) is 0. The second-order valence-electron chi connectivity index (χ2n) is 9.11. The van der Waals surface area contributed by atoms with E-state index >= 15 is 0 Å². The fourth-order valence-corrected chi connectivity index (χ4v) is 6.47. The summed E-state index contributed by atoms with van der Waals surface area (Å²) in [6, 6.07) is 16.9. The number of para-hydroxylation sites is 1. The number of anilines is 1. The molecule has 4 atom stereocenters. The zero-order valence-corrected chi connectivity index (χ0v) is 20.6. The van der Waals surface area contributed by atoms with Crippen molar-refractivity contribution >= 4 is 46.8 Å². The SMILES string of the molecule is CSCC[C@@H]1N[C@]2(C(=O)N(CCCCl)c3ccccc32)[C@H]2C(=O)N(Cc3ccccc3)C(=O)[C@@H]12. The number of rotatable bonds is 8. The summed E-state index contributed by atoms with van der Waals surface area (Å²) < 4.78 is 0. The van der Waals surface area contributed by atoms with Gasteiger partial charge in [-0.05, 0) is 36.5 Å². The zero-order chi connectivity index (χ0) is 23.9. The number of hydrogen-bond acceptors (Lipinski definition) is 5. The number of carbonyl (C=O) groups excluding carboxylic acids is 3. The number of nitrogens with zero attached hydrogens (tertiary/aromatic N) is 2. The van der Waals surface area contributed by atoms with Crippen molar-refractivity contribution in [2.75, 3.05) is 29.3 Å². The minimum Gasteiger partial charge on any atom is -0.310 e. The van der Waals surface area contributed by atoms with Crippen molar-refractivity contribution in [1.82, 2.24) is 10.2 Å². The largest absolute Gasteiger partial charge is 0.310 e. The molecule has 5 rings (SSSR count). The number of likely N-dealkylation sites (tertiary alicyclic amines) is 1. The van der Waals surface area contributed by atoms with Crippen LogP contribution < -0.4 is 10.2 Å². The van der Waals surface area contributed by atoms with Crippen LogP contribution in [0.2, 0.25) is 0 Å². The van der Waals surface area contributed by atoms with Crippen LogP contribution in [-0.4, -0.2) is 53.1 Å². The molecule has 178 valence electrons. The van der Waals surface area contributed by atoms with Gasteiger partial charge in [0.05, 0.1) is 18.4 Å². The molecule has 0 radical (unpaired) electrons. The Bertz CT molecular complexity index is 1110. The third kappa shape index (κ3) is 3.48. The number of carbonyl (C=O) groups is 3. The van der Waals surface area contributed by atoms with Crippen molar-refractivity contribution in [2.45, 2.75) is 31.0 Å². The highest BCUT2D eigenvalue weighted by Gasteiger charge is 2.71. The van der Waals surface area contributed by atoms with Gasteiger partial charge in [-0.25, -0.2) is 0 Å². The van der Waals surface area contributed by atoms with Crippen LogP contribution in [0.1, 0.15) is 24.0 Å². The van der Waals surface area contributed by atoms with Gasteiger partial charge in [0.1, 0.15) is 5.54 Å². The van der Waals surface area contributed by atoms with Crippen molar-refractivity contribution in [3.05, 3.63) is 65.7 Å². The minimum absolute atomic E-state index is 0.150. The summed E-state index contributed by atoms with van der Waals surface area (Å²) in [4.78, 5) is 44.9. The lowest BCUT2D eigenvalue weighted by molar-refractivity contribution is -0.143. The second kappa shape index (κ2) is 9.36. The number of imide groups is 1. The Morgan fingerprint density at radius 2 is 1.74 bits per heavy atom. The fraction of sp³-hybridized carbons (Fsp3) is 0.423. The van der Waals surface area contributed by atoms with Gasteiger partial charge in [0, 0.05) is 29.7 Å². The lowest BCUT2D eigenvalue weighted by atomic mass is 9.76. The van der Waals surface area contributed by atoms with E-state index in [-0.39, 0.29) is 30.3 Å². The maximum absolute atomic E-state index is 14.1. The van der Waals surface area contributed by atoms with Crippen LogP contribution in [0.25, 0.3) is 0 Å². The Kier molecular flexibility index (Phi) is 6.44. The topological polar surface area (TPSA) is 69.7 Å². The minimum atomic E-state index is -1.23. The second-order valence-corrected chi connectivity index (χ2v) is 10.5. The Labute approximate surface area is 209 Å². The molecule has 0 aromatic heterocycles. The van der Waals surface area contributed by atoms with Crippen LogP contribution in [-0.2, 0) is 26.5 Å². The normalized spacial score (nSPS) is 27.7. The summed E-state index contributed by atoms with van der Waals surface area (Å²) in [5.41, 5.74) is 1.26. The first-order valence-electron chi connectivity index (χ1n) is 11.7. The number of hydrogen-bond donors (Lipinski definition) is 1. The molecular formula is C26H28ClN3O3S. The lowest BCUT2D eigenvalue weighted by Gasteiger charge is -2.30. The fourth-order valence-electron chi connectivity index (χ4n) is 5.86. The number of halogens is 1. The molecule has 2 aromatic rings. The number of nitrogens with one attached hydrogen (secondary N) is 1. The van der Waals surface area contributed by atoms with Gasteiger partial charge in [-0.1, -0.05) is 48.5 Å². The van der Waals surface area contributed by atoms with Gasteiger partial charge < -0.3 is 4.90 Å². The van der Waals surface area contributed by atoms with E-state index in [9.17, 15) is 14.4 Å². The molecule has 0 bridgehead atoms. The first kappa shape index (κ1) is 23.4. The monoisotopic (exact) mass is 497 g/mol. The molecule has 3 aliphatic rings. The number of thioether (sulfide) groups is 1. The molecule has 3 aliphatic heterocycles. The highest BCUT2D eigenvalue weighted by molar-refractivity contribution is 7.98. The van der Waals surface area contributed by atoms with Gasteiger partial charge in [-0.2, -0.15) is 11.8 Å². The molecule has 1 N–H and O–H groups in total. The Morgan fingerprint density at radius 1 is 1.00 bits per heavy atom. The van der Waals surface area contributed by atoms with Crippen molar-refractivity contribution in [2.24, 2.45) is 11.8 Å². The molecule has 0 saturated carbocycles. The first-order chi connectivity index (χ1) is 16.5. The molecule has 6 nitrogen and oxygen atoms in total. The van der Waals surface area contributed by atoms with Crippen molar-refractivity contribution in [3.8, 4) is 0 Å². The molecule has 0 aliphatic carbocycles. The van der Waals surface area contributed by atoms with Crippen molar-refractivity contribution in [1.29, 1.82) is 0 Å². The van der Waals surface area contributed by atoms with Crippen LogP contribution in [0.5, 0.6) is 0 Å². The van der Waals surface area contributed by atoms with Gasteiger partial charge in [0.2, 0.25) is 11.8 Å². The summed E-state index contributed by atoms with van der Waals surface area (Å²) in [6.07, 6.45) is 3.38. The van der Waals surface area contributed by atoms with Gasteiger partial charge in [-0.15, -0.1) is 11.6 Å². The van der Waals surface area contributed by atoms with E-state index in [1.165, 1.54) is 4.90 Å². The molecule has 1 spiro atoms. The van der Waals surface area contributed by atoms with Crippen molar-refractivity contribution in [3.63, 3.8) is 0 Å². The van der Waals surface area contributed by atoms with E-state index in [1.807, 2.05) is 60.9 Å². The third-order valence-corrected chi connectivity index (χ3v) is 8.20. The zero-order valence-electron chi connectivity index (χ0n) is 19.1. The summed E-state index contributed by atoms with van der Waals surface area (Å²) >= 11 is 7.65. The van der Waals surface area contributed by atoms with Gasteiger partial charge >= 0.3 is 0 Å². The maximum Gasteiger partial charge on any atom is 0.252 e. The molecule has 3 heterocycles. The number of amides is 3. The highest BCUT2D eigenvalue weighted by atomic mass is 35.5. The molecule has 2 fully saturated rings. The summed E-state index contributed by atoms with van der Waals surface area (Å²) in [6.45, 7) is 0.703. The predicted molar refractivity (Wildman–Crippen MR) is 135 cm³/mol. The number of fused-ring (bicyclic) bond motifs is 4. The lowest BCUT2D eigenvalue weighted by Crippen LogP contribution is -2.55. The highest BCUT2D eigenvalue weighted by Crippen LogP contribution is 2.55. The van der Waals surface area contributed by atoms with Crippen LogP contribution in [0.4, 0.5) is 5.69 Å². The summed E-state index contributed by atoms with van der Waals surface area (Å²) in [5, 5.41) is 3.55. The number of benzene rings is 2. The van der Waals surface area contributed by atoms with Crippen LogP contribution in [0.3, 0.4) is 0 Å². The summed E-state index contributed by atoms with van der Waals surface area (Å²) in [5.74, 6) is -0.638. The molecule has 8 heteroatoms. The first-order valence-corrected chi connectivity index (χ1v) is 13.6. The Morgan fingerprint density at radius 3 is 2.47 bits per heavy atom. The van der Waals surface area contributed by atoms with Crippen molar-refractivity contribution < 1.29 is 14.4 Å². The molecule has 2 aromatic carbocycles. The number of alkyl halides is 1. The van der Waals surface area contributed by atoms with Gasteiger partial charge in [0.15, 0.2) is 0 Å². The Hall–Kier alpha value is -2.35. The third-order valence-electron chi connectivity index (χ3n) is 7.29. The van der Waals surface area contributed by atoms with E-state index in [2.05, 4.69) is 5.32 Å². The van der Waals surface area contributed by atoms with Crippen LogP contribution in [0, 0.1) is 11.8 Å². The standard InChI is InChI=1S/C26H28ClN3O3S/c1-34-15-12-19-21-22(24(32)30(23(21)31)16-17-8-3-2-4-9-17)26(28-19)18-10-5-6-11-20(18)29(25(26)33)14-7-13-27/h2-6,8-11,19,21-22,28H,7,12-16H2,1H3/t19-,21-,22+,26-/m0/s1. The van der Waals surface area contributed by atoms with E-state index in [0.29, 0.717) is 25.3 Å².